The van der Waals surface area contributed by atoms with Crippen LogP contribution in [0, 0.1) is 0 Å². The number of rotatable bonds is 2. The molecule has 0 aliphatic heterocycles. The van der Waals surface area contributed by atoms with Gasteiger partial charge < -0.3 is 14.9 Å². The molecule has 29 heavy (non-hydrogen) atoms. The van der Waals surface area contributed by atoms with Crippen LogP contribution in [0.4, 0.5) is 0 Å². The minimum atomic E-state index is 0.0981. The lowest BCUT2D eigenvalue weighted by Crippen LogP contribution is -1.83. The zero-order valence-electron chi connectivity index (χ0n) is 15.4. The number of phenols is 2. The fourth-order valence-corrected chi connectivity index (χ4v) is 3.55. The summed E-state index contributed by atoms with van der Waals surface area (Å²) in [4.78, 5) is 0. The third kappa shape index (κ3) is 5.36. The Labute approximate surface area is 187 Å². The number of hydrogen-bond acceptors (Lipinski definition) is 3. The van der Waals surface area contributed by atoms with Gasteiger partial charge in [-0.05, 0) is 70.4 Å². The van der Waals surface area contributed by atoms with Gasteiger partial charge in [0.15, 0.2) is 0 Å². The van der Waals surface area contributed by atoms with E-state index in [2.05, 4.69) is 22.0 Å². The number of ether oxygens (including phenoxy) is 1. The van der Waals surface area contributed by atoms with Crippen molar-refractivity contribution in [3.05, 3.63) is 87.3 Å². The number of benzene rings is 4. The van der Waals surface area contributed by atoms with Gasteiger partial charge in [0.25, 0.3) is 0 Å². The van der Waals surface area contributed by atoms with Gasteiger partial charge in [0.2, 0.25) is 0 Å². The zero-order chi connectivity index (χ0) is 21.0. The summed E-state index contributed by atoms with van der Waals surface area (Å²) in [6, 6.07) is 22.3. The van der Waals surface area contributed by atoms with Crippen molar-refractivity contribution >= 4 is 49.9 Å². The zero-order valence-corrected chi connectivity index (χ0v) is 18.5. The number of methoxy groups -OCH3 is 1. The minimum absolute atomic E-state index is 0.0981. The van der Waals surface area contributed by atoms with Crippen LogP contribution < -0.4 is 4.74 Å². The lowest BCUT2D eigenvalue weighted by Gasteiger charge is -2.07. The number of phenolic OH excluding ortho intramolecular Hbond substituents is 2. The molecule has 0 atom stereocenters. The summed E-state index contributed by atoms with van der Waals surface area (Å²) in [5, 5.41) is 21.3. The van der Waals surface area contributed by atoms with E-state index in [0.717, 1.165) is 32.1 Å². The molecule has 6 heteroatoms. The van der Waals surface area contributed by atoms with Crippen molar-refractivity contribution in [2.75, 3.05) is 7.11 Å². The molecule has 0 aromatic heterocycles. The molecule has 0 spiro atoms. The average molecular weight is 492 g/mol. The van der Waals surface area contributed by atoms with Gasteiger partial charge in [-0.3, -0.25) is 0 Å². The highest BCUT2D eigenvalue weighted by Gasteiger charge is 2.04. The first kappa shape index (κ1) is 21.3. The van der Waals surface area contributed by atoms with Gasteiger partial charge in [0.1, 0.15) is 17.2 Å². The van der Waals surface area contributed by atoms with Crippen LogP contribution in [0.15, 0.2) is 77.3 Å². The Balaban J connectivity index is 0.000000224. The second-order valence-corrected chi connectivity index (χ2v) is 7.92. The molecule has 3 nitrogen and oxygen atoms in total. The largest absolute Gasteiger partial charge is 0.506 e. The van der Waals surface area contributed by atoms with Crippen LogP contribution in [-0.4, -0.2) is 17.3 Å². The van der Waals surface area contributed by atoms with Gasteiger partial charge in [0.05, 0.1) is 17.2 Å². The van der Waals surface area contributed by atoms with Gasteiger partial charge in [-0.15, -0.1) is 0 Å². The van der Waals surface area contributed by atoms with E-state index in [1.165, 1.54) is 6.07 Å². The quantitative estimate of drug-likeness (QED) is 0.302. The fraction of sp³-hybridized carbons (Fsp3) is 0.0435. The Morgan fingerprint density at radius 3 is 1.86 bits per heavy atom. The van der Waals surface area contributed by atoms with Crippen molar-refractivity contribution in [3.63, 3.8) is 0 Å². The molecule has 0 aliphatic rings. The van der Waals surface area contributed by atoms with Crippen LogP contribution in [0.2, 0.25) is 10.0 Å². The Morgan fingerprint density at radius 1 is 0.690 bits per heavy atom. The number of fused-ring (bicyclic) bond motifs is 1. The molecule has 0 heterocycles. The maximum atomic E-state index is 9.47. The van der Waals surface area contributed by atoms with E-state index >= 15 is 0 Å². The van der Waals surface area contributed by atoms with Crippen LogP contribution in [0.1, 0.15) is 0 Å². The van der Waals surface area contributed by atoms with E-state index in [-0.39, 0.29) is 11.5 Å². The number of halogens is 3. The lowest BCUT2D eigenvalue weighted by molar-refractivity contribution is 0.415. The molecule has 0 saturated carbocycles. The molecule has 4 aromatic carbocycles. The summed E-state index contributed by atoms with van der Waals surface area (Å²) in [6.07, 6.45) is 0. The maximum absolute atomic E-state index is 9.47. The molecule has 0 amide bonds. The Hall–Kier alpha value is -2.40. The Kier molecular flexibility index (Phi) is 6.91. The Bertz CT molecular complexity index is 1160. The highest BCUT2D eigenvalue weighted by molar-refractivity contribution is 9.10. The molecule has 0 saturated heterocycles. The molecule has 2 N–H and O–H groups in total. The first-order valence-electron chi connectivity index (χ1n) is 8.58. The summed E-state index contributed by atoms with van der Waals surface area (Å²) in [5.74, 6) is 1.05. The molecular formula is C23H17BrCl2O3. The molecular weight excluding hydrogens is 475 g/mol. The summed E-state index contributed by atoms with van der Waals surface area (Å²) in [7, 11) is 1.66. The summed E-state index contributed by atoms with van der Waals surface area (Å²) >= 11 is 14.7. The van der Waals surface area contributed by atoms with Crippen molar-refractivity contribution in [1.29, 1.82) is 0 Å². The first-order chi connectivity index (χ1) is 13.9. The van der Waals surface area contributed by atoms with E-state index in [4.69, 9.17) is 33.0 Å². The third-order valence-corrected chi connectivity index (χ3v) is 5.34. The molecule has 4 rings (SSSR count). The van der Waals surface area contributed by atoms with Gasteiger partial charge in [-0.1, -0.05) is 63.4 Å². The van der Waals surface area contributed by atoms with Gasteiger partial charge in [-0.2, -0.15) is 0 Å². The van der Waals surface area contributed by atoms with Crippen molar-refractivity contribution < 1.29 is 14.9 Å². The van der Waals surface area contributed by atoms with Crippen molar-refractivity contribution in [1.82, 2.24) is 0 Å². The second-order valence-electron chi connectivity index (χ2n) is 6.19. The highest BCUT2D eigenvalue weighted by Crippen LogP contribution is 2.31. The van der Waals surface area contributed by atoms with E-state index in [1.807, 2.05) is 36.4 Å². The van der Waals surface area contributed by atoms with Gasteiger partial charge in [-0.25, -0.2) is 0 Å². The minimum Gasteiger partial charge on any atom is -0.506 e. The normalized spacial score (nSPS) is 10.3. The monoisotopic (exact) mass is 490 g/mol. The van der Waals surface area contributed by atoms with E-state index < -0.39 is 0 Å². The van der Waals surface area contributed by atoms with Crippen molar-refractivity contribution in [2.45, 2.75) is 0 Å². The molecule has 0 fully saturated rings. The molecule has 0 aliphatic carbocycles. The Morgan fingerprint density at radius 2 is 1.24 bits per heavy atom. The van der Waals surface area contributed by atoms with Gasteiger partial charge in [0, 0.05) is 4.47 Å². The number of hydrogen-bond donors (Lipinski definition) is 2. The van der Waals surface area contributed by atoms with Gasteiger partial charge >= 0.3 is 0 Å². The molecule has 4 aromatic rings. The summed E-state index contributed by atoms with van der Waals surface area (Å²) < 4.78 is 6.09. The topological polar surface area (TPSA) is 49.7 Å². The summed E-state index contributed by atoms with van der Waals surface area (Å²) in [6.45, 7) is 0. The van der Waals surface area contributed by atoms with E-state index in [1.54, 1.807) is 31.4 Å². The van der Waals surface area contributed by atoms with Crippen LogP contribution in [0.3, 0.4) is 0 Å². The van der Waals surface area contributed by atoms with Crippen molar-refractivity contribution in [2.24, 2.45) is 0 Å². The highest BCUT2D eigenvalue weighted by atomic mass is 79.9. The average Bonchev–Trinajstić information content (AvgIpc) is 2.72. The molecule has 148 valence electrons. The fourth-order valence-electron chi connectivity index (χ4n) is 2.70. The molecule has 0 radical (unpaired) electrons. The molecule has 0 unspecified atom stereocenters. The number of aromatic hydroxyl groups is 2. The smallest absolute Gasteiger partial charge is 0.134 e. The molecule has 0 bridgehead atoms. The van der Waals surface area contributed by atoms with Crippen LogP contribution in [0.5, 0.6) is 17.2 Å². The maximum Gasteiger partial charge on any atom is 0.134 e. The lowest BCUT2D eigenvalue weighted by atomic mass is 10.0. The van der Waals surface area contributed by atoms with Crippen molar-refractivity contribution in [3.8, 4) is 28.4 Å². The summed E-state index contributed by atoms with van der Waals surface area (Å²) in [5.41, 5.74) is 2.04. The standard InChI is InChI=1S/C17H13ClO2.C6H4BrClO/c1-20-15-6-4-12-8-11(2-3-13(12)9-15)14-5-7-17(19)16(18)10-14;7-4-1-2-6(9)5(8)3-4/h2-10,19H,1H3;1-3,9H. The third-order valence-electron chi connectivity index (χ3n) is 4.24. The first-order valence-corrected chi connectivity index (χ1v) is 10.1. The van der Waals surface area contributed by atoms with Crippen LogP contribution in [0.25, 0.3) is 21.9 Å². The van der Waals surface area contributed by atoms with Crippen LogP contribution in [-0.2, 0) is 0 Å². The second kappa shape index (κ2) is 9.40. The van der Waals surface area contributed by atoms with E-state index in [0.29, 0.717) is 10.0 Å². The van der Waals surface area contributed by atoms with E-state index in [9.17, 15) is 5.11 Å². The predicted molar refractivity (Wildman–Crippen MR) is 123 cm³/mol. The SMILES string of the molecule is COc1ccc2cc(-c3ccc(O)c(Cl)c3)ccc2c1.Oc1ccc(Br)cc1Cl. The predicted octanol–water partition coefficient (Wildman–Crippen LogP) is 7.68. The van der Waals surface area contributed by atoms with Crippen LogP contribution >= 0.6 is 39.1 Å².